The van der Waals surface area contributed by atoms with Crippen molar-refractivity contribution in [2.24, 2.45) is 21.8 Å². The largest absolute Gasteiger partial charge is 0.235 e. The van der Waals surface area contributed by atoms with E-state index in [9.17, 15) is 9.59 Å². The number of thioether (sulfide) groups is 1. The molecule has 1 saturated carbocycles. The van der Waals surface area contributed by atoms with Gasteiger partial charge in [0.2, 0.25) is 12.2 Å². The highest BCUT2D eigenvalue weighted by molar-refractivity contribution is 8.00. The van der Waals surface area contributed by atoms with Gasteiger partial charge in [0.25, 0.3) is 0 Å². The van der Waals surface area contributed by atoms with Gasteiger partial charge < -0.3 is 0 Å². The summed E-state index contributed by atoms with van der Waals surface area (Å²) in [5, 5.41) is 0. The summed E-state index contributed by atoms with van der Waals surface area (Å²) in [6.45, 7) is 4.34. The molecule has 0 aromatic carbocycles. The van der Waals surface area contributed by atoms with E-state index in [1.165, 1.54) is 89.2 Å². The topological polar surface area (TPSA) is 58.9 Å². The third-order valence-electron chi connectivity index (χ3n) is 7.16. The molecule has 30 heavy (non-hydrogen) atoms. The molecule has 168 valence electrons. The first-order valence-electron chi connectivity index (χ1n) is 12.1. The first-order valence-corrected chi connectivity index (χ1v) is 13.1. The molecule has 0 aromatic heterocycles. The van der Waals surface area contributed by atoms with Gasteiger partial charge in [0, 0.05) is 4.75 Å². The standard InChI is InChI=1S/C25H40N2O2S/c1-2-13-22-14-11-7-8-12-17-30-25(22,18-24(27-21-29)19-26-20-28)23-15-9-5-3-4-6-10-16-23/h2,22-24H,1,3-19H2. The summed E-state index contributed by atoms with van der Waals surface area (Å²) < 4.78 is 0.0618. The zero-order valence-corrected chi connectivity index (χ0v) is 19.5. The highest BCUT2D eigenvalue weighted by Gasteiger charge is 2.46. The van der Waals surface area contributed by atoms with Crippen molar-refractivity contribution in [1.29, 1.82) is 0 Å². The van der Waals surface area contributed by atoms with Gasteiger partial charge in [0.1, 0.15) is 0 Å². The molecule has 0 aromatic rings. The Bertz CT molecular complexity index is 588. The molecule has 3 atom stereocenters. The maximum atomic E-state index is 11.2. The quantitative estimate of drug-likeness (QED) is 0.241. The Morgan fingerprint density at radius 2 is 1.57 bits per heavy atom. The van der Waals surface area contributed by atoms with E-state index in [4.69, 9.17) is 0 Å². The Morgan fingerprint density at radius 3 is 2.20 bits per heavy atom. The van der Waals surface area contributed by atoms with Crippen LogP contribution in [0.2, 0.25) is 0 Å². The van der Waals surface area contributed by atoms with Crippen LogP contribution in [0.5, 0.6) is 0 Å². The van der Waals surface area contributed by atoms with Crippen LogP contribution < -0.4 is 0 Å². The molecule has 3 unspecified atom stereocenters. The third kappa shape index (κ3) is 7.84. The third-order valence-corrected chi connectivity index (χ3v) is 9.03. The molecule has 1 aliphatic heterocycles. The van der Waals surface area contributed by atoms with Crippen molar-refractivity contribution >= 4 is 23.9 Å². The van der Waals surface area contributed by atoms with Crippen LogP contribution in [0.25, 0.3) is 0 Å². The molecule has 0 spiro atoms. The van der Waals surface area contributed by atoms with E-state index in [1.807, 2.05) is 0 Å². The van der Waals surface area contributed by atoms with Crippen LogP contribution in [-0.2, 0) is 9.59 Å². The summed E-state index contributed by atoms with van der Waals surface area (Å²) in [4.78, 5) is 29.9. The molecule has 1 saturated heterocycles. The lowest BCUT2D eigenvalue weighted by Crippen LogP contribution is -2.45. The Hall–Kier alpha value is -1.15. The number of isocyanates is 2. The fourth-order valence-corrected chi connectivity index (χ4v) is 7.65. The van der Waals surface area contributed by atoms with E-state index in [1.54, 1.807) is 12.2 Å². The molecule has 0 radical (unpaired) electrons. The molecule has 0 N–H and O–H groups in total. The summed E-state index contributed by atoms with van der Waals surface area (Å²) >= 11 is 2.15. The van der Waals surface area contributed by atoms with Crippen LogP contribution in [0.4, 0.5) is 0 Å². The van der Waals surface area contributed by atoms with Crippen molar-refractivity contribution in [3.63, 3.8) is 0 Å². The molecule has 1 aliphatic carbocycles. The van der Waals surface area contributed by atoms with Crippen molar-refractivity contribution in [1.82, 2.24) is 0 Å². The monoisotopic (exact) mass is 432 g/mol. The molecule has 1 heterocycles. The van der Waals surface area contributed by atoms with Gasteiger partial charge >= 0.3 is 0 Å². The predicted molar refractivity (Wildman–Crippen MR) is 127 cm³/mol. The smallest absolute Gasteiger partial charge is 0.211 e. The molecule has 0 amide bonds. The van der Waals surface area contributed by atoms with E-state index in [0.717, 1.165) is 12.8 Å². The van der Waals surface area contributed by atoms with Gasteiger partial charge in [-0.3, -0.25) is 0 Å². The van der Waals surface area contributed by atoms with Gasteiger partial charge in [-0.2, -0.15) is 11.8 Å². The van der Waals surface area contributed by atoms with Crippen molar-refractivity contribution < 1.29 is 9.59 Å². The molecular formula is C25H40N2O2S. The molecule has 2 aliphatic rings. The fraction of sp³-hybridized carbons (Fsp3) is 0.840. The van der Waals surface area contributed by atoms with Crippen LogP contribution in [-0.4, -0.2) is 35.2 Å². The highest BCUT2D eigenvalue weighted by Crippen LogP contribution is 2.52. The van der Waals surface area contributed by atoms with E-state index in [0.29, 0.717) is 11.8 Å². The van der Waals surface area contributed by atoms with Gasteiger partial charge in [-0.05, 0) is 56.1 Å². The fourth-order valence-electron chi connectivity index (χ4n) is 5.69. The lowest BCUT2D eigenvalue weighted by atomic mass is 9.70. The maximum Gasteiger partial charge on any atom is 0.235 e. The Morgan fingerprint density at radius 1 is 0.933 bits per heavy atom. The minimum absolute atomic E-state index is 0.0618. The summed E-state index contributed by atoms with van der Waals surface area (Å²) in [5.74, 6) is 2.32. The number of hydrogen-bond acceptors (Lipinski definition) is 5. The lowest BCUT2D eigenvalue weighted by molar-refractivity contribution is 0.202. The second-order valence-corrected chi connectivity index (χ2v) is 10.6. The van der Waals surface area contributed by atoms with E-state index in [2.05, 4.69) is 34.4 Å². The summed E-state index contributed by atoms with van der Waals surface area (Å²) in [6.07, 6.45) is 24.1. The molecule has 4 nitrogen and oxygen atoms in total. The minimum atomic E-state index is -0.280. The van der Waals surface area contributed by atoms with Crippen LogP contribution in [0.15, 0.2) is 22.6 Å². The predicted octanol–water partition coefficient (Wildman–Crippen LogP) is 6.80. The molecule has 2 rings (SSSR count). The lowest BCUT2D eigenvalue weighted by Gasteiger charge is -2.47. The first-order chi connectivity index (χ1) is 14.8. The normalized spacial score (nSPS) is 28.1. The van der Waals surface area contributed by atoms with Crippen LogP contribution >= 0.6 is 11.8 Å². The van der Waals surface area contributed by atoms with Crippen LogP contribution in [0.3, 0.4) is 0 Å². The van der Waals surface area contributed by atoms with Gasteiger partial charge in [-0.25, -0.2) is 19.6 Å². The van der Waals surface area contributed by atoms with Crippen molar-refractivity contribution in [3.05, 3.63) is 12.7 Å². The van der Waals surface area contributed by atoms with Gasteiger partial charge in [0.05, 0.1) is 12.6 Å². The zero-order chi connectivity index (χ0) is 21.5. The number of nitrogens with zero attached hydrogens (tertiary/aromatic N) is 2. The number of rotatable bonds is 8. The first kappa shape index (κ1) is 25.1. The maximum absolute atomic E-state index is 11.2. The van der Waals surface area contributed by atoms with E-state index < -0.39 is 0 Å². The van der Waals surface area contributed by atoms with Crippen molar-refractivity contribution in [2.45, 2.75) is 107 Å². The van der Waals surface area contributed by atoms with Crippen LogP contribution in [0, 0.1) is 11.8 Å². The number of allylic oxidation sites excluding steroid dienone is 1. The molecule has 2 fully saturated rings. The highest BCUT2D eigenvalue weighted by atomic mass is 32.2. The Kier molecular flexibility index (Phi) is 12.4. The molecule has 0 bridgehead atoms. The molecular weight excluding hydrogens is 392 g/mol. The van der Waals surface area contributed by atoms with Gasteiger partial charge in [-0.15, -0.1) is 6.58 Å². The van der Waals surface area contributed by atoms with E-state index >= 15 is 0 Å². The molecule has 5 heteroatoms. The van der Waals surface area contributed by atoms with Gasteiger partial charge in [-0.1, -0.05) is 63.9 Å². The van der Waals surface area contributed by atoms with Crippen LogP contribution in [0.1, 0.15) is 96.3 Å². The van der Waals surface area contributed by atoms with Crippen molar-refractivity contribution in [2.75, 3.05) is 12.3 Å². The average Bonchev–Trinajstić information content (AvgIpc) is 2.95. The summed E-state index contributed by atoms with van der Waals surface area (Å²) in [6, 6.07) is -0.280. The SMILES string of the molecule is C=CCC1CCCCCCSC1(CC(CN=C=O)N=C=O)C1CCCCCCCC1. The summed E-state index contributed by atoms with van der Waals surface area (Å²) in [5.41, 5.74) is 0. The Labute approximate surface area is 187 Å². The number of aliphatic imine (C=N–C) groups is 2. The van der Waals surface area contributed by atoms with Gasteiger partial charge in [0.15, 0.2) is 0 Å². The Balaban J connectivity index is 2.44. The number of hydrogen-bond donors (Lipinski definition) is 0. The number of carbonyl (C=O) groups excluding carboxylic acids is 2. The zero-order valence-electron chi connectivity index (χ0n) is 18.7. The average molecular weight is 433 g/mol. The second kappa shape index (κ2) is 14.8. The second-order valence-electron chi connectivity index (χ2n) is 9.13. The van der Waals surface area contributed by atoms with Crippen molar-refractivity contribution in [3.8, 4) is 0 Å². The minimum Gasteiger partial charge on any atom is -0.211 e. The summed E-state index contributed by atoms with van der Waals surface area (Å²) in [7, 11) is 0. The van der Waals surface area contributed by atoms with E-state index in [-0.39, 0.29) is 17.3 Å².